The molecule has 1 heteroatoms. The quantitative estimate of drug-likeness (QED) is 0.612. The Morgan fingerprint density at radius 2 is 1.67 bits per heavy atom. The minimum Gasteiger partial charge on any atom is -0.315 e. The third-order valence-corrected chi connectivity index (χ3v) is 1.27. The Morgan fingerprint density at radius 1 is 1.11 bits per heavy atom. The smallest absolute Gasteiger partial charge is 0.00103 e. The first kappa shape index (κ1) is 8.96. The highest BCUT2D eigenvalue weighted by Gasteiger charge is 1.93. The molecule has 0 aromatic heterocycles. The summed E-state index contributed by atoms with van der Waals surface area (Å²) >= 11 is 0. The maximum absolute atomic E-state index is 3.38. The molecule has 0 aliphatic heterocycles. The molecule has 0 aliphatic rings. The van der Waals surface area contributed by atoms with E-state index in [0.29, 0.717) is 6.04 Å². The lowest BCUT2D eigenvalue weighted by Crippen LogP contribution is -2.24. The van der Waals surface area contributed by atoms with Gasteiger partial charge in [-0.2, -0.15) is 0 Å². The molecule has 0 radical (unpaired) electrons. The van der Waals surface area contributed by atoms with E-state index in [-0.39, 0.29) is 0 Å². The average Bonchev–Trinajstić information content (AvgIpc) is 1.63. The van der Waals surface area contributed by atoms with Crippen molar-refractivity contribution in [1.82, 2.24) is 5.32 Å². The number of nitrogens with one attached hydrogen (secondary N) is 1. The predicted molar refractivity (Wildman–Crippen MR) is 42.6 cm³/mol. The number of rotatable bonds is 4. The molecule has 0 spiro atoms. The van der Waals surface area contributed by atoms with Gasteiger partial charge in [-0.05, 0) is 18.9 Å². The first-order valence-electron chi connectivity index (χ1n) is 3.86. The molecule has 0 atom stereocenters. The van der Waals surface area contributed by atoms with Gasteiger partial charge in [0.2, 0.25) is 0 Å². The fourth-order valence-electron chi connectivity index (χ4n) is 0.661. The third-order valence-electron chi connectivity index (χ3n) is 1.27. The highest BCUT2D eigenvalue weighted by Crippen LogP contribution is 1.96. The van der Waals surface area contributed by atoms with E-state index in [9.17, 15) is 0 Å². The highest BCUT2D eigenvalue weighted by atomic mass is 14.9. The molecule has 9 heavy (non-hydrogen) atoms. The van der Waals surface area contributed by atoms with Crippen LogP contribution in [0.4, 0.5) is 0 Å². The Bertz CT molecular complexity index is 49.6. The van der Waals surface area contributed by atoms with Gasteiger partial charge in [-0.1, -0.05) is 27.7 Å². The second kappa shape index (κ2) is 4.80. The van der Waals surface area contributed by atoms with Crippen molar-refractivity contribution in [1.29, 1.82) is 0 Å². The lowest BCUT2D eigenvalue weighted by atomic mass is 10.1. The molecule has 0 heterocycles. The molecule has 0 aromatic rings. The van der Waals surface area contributed by atoms with Gasteiger partial charge in [-0.3, -0.25) is 0 Å². The van der Waals surface area contributed by atoms with Gasteiger partial charge in [0.15, 0.2) is 0 Å². The van der Waals surface area contributed by atoms with Gasteiger partial charge in [0.25, 0.3) is 0 Å². The monoisotopic (exact) mass is 129 g/mol. The Kier molecular flexibility index (Phi) is 4.78. The number of hydrogen-bond acceptors (Lipinski definition) is 1. The van der Waals surface area contributed by atoms with E-state index in [1.165, 1.54) is 6.42 Å². The van der Waals surface area contributed by atoms with Crippen LogP contribution in [-0.4, -0.2) is 12.6 Å². The molecule has 0 fully saturated rings. The van der Waals surface area contributed by atoms with Crippen LogP contribution in [0.2, 0.25) is 0 Å². The Balaban J connectivity index is 2.91. The minimum atomic E-state index is 0.642. The molecule has 56 valence electrons. The first-order valence-corrected chi connectivity index (χ1v) is 3.86. The molecule has 1 N–H and O–H groups in total. The van der Waals surface area contributed by atoms with Crippen LogP contribution < -0.4 is 5.32 Å². The van der Waals surface area contributed by atoms with E-state index >= 15 is 0 Å². The molecule has 0 unspecified atom stereocenters. The van der Waals surface area contributed by atoms with Gasteiger partial charge < -0.3 is 5.32 Å². The van der Waals surface area contributed by atoms with E-state index in [4.69, 9.17) is 0 Å². The van der Waals surface area contributed by atoms with Gasteiger partial charge in [-0.25, -0.2) is 0 Å². The zero-order chi connectivity index (χ0) is 7.28. The summed E-state index contributed by atoms with van der Waals surface area (Å²) in [5, 5.41) is 3.38. The van der Waals surface area contributed by atoms with Crippen LogP contribution >= 0.6 is 0 Å². The van der Waals surface area contributed by atoms with Gasteiger partial charge in [0.05, 0.1) is 0 Å². The van der Waals surface area contributed by atoms with Gasteiger partial charge in [-0.15, -0.1) is 0 Å². The number of hydrogen-bond donors (Lipinski definition) is 1. The topological polar surface area (TPSA) is 12.0 Å². The average molecular weight is 129 g/mol. The molecule has 1 nitrogen and oxygen atoms in total. The molecule has 0 saturated carbocycles. The van der Waals surface area contributed by atoms with Crippen molar-refractivity contribution in [2.75, 3.05) is 6.54 Å². The van der Waals surface area contributed by atoms with Crippen molar-refractivity contribution >= 4 is 0 Å². The van der Waals surface area contributed by atoms with Gasteiger partial charge in [0, 0.05) is 6.04 Å². The highest BCUT2D eigenvalue weighted by molar-refractivity contribution is 4.53. The van der Waals surface area contributed by atoms with Crippen LogP contribution in [0.3, 0.4) is 0 Å². The summed E-state index contributed by atoms with van der Waals surface area (Å²) in [7, 11) is 0. The van der Waals surface area contributed by atoms with Crippen LogP contribution in [0.25, 0.3) is 0 Å². The fraction of sp³-hybridized carbons (Fsp3) is 1.00. The Hall–Kier alpha value is -0.0400. The molecule has 0 aromatic carbocycles. The summed E-state index contributed by atoms with van der Waals surface area (Å²) in [4.78, 5) is 0. The van der Waals surface area contributed by atoms with E-state index in [1.54, 1.807) is 0 Å². The summed E-state index contributed by atoms with van der Waals surface area (Å²) in [5.41, 5.74) is 0. The van der Waals surface area contributed by atoms with Crippen molar-refractivity contribution in [3.8, 4) is 0 Å². The molecule has 0 aliphatic carbocycles. The van der Waals surface area contributed by atoms with Gasteiger partial charge in [0.1, 0.15) is 0 Å². The summed E-state index contributed by atoms with van der Waals surface area (Å²) in [6.45, 7) is 10.0. The van der Waals surface area contributed by atoms with Crippen LogP contribution in [0.5, 0.6) is 0 Å². The van der Waals surface area contributed by atoms with Crippen LogP contribution in [0.15, 0.2) is 0 Å². The summed E-state index contributed by atoms with van der Waals surface area (Å²) in [6, 6.07) is 0.642. The normalized spacial score (nSPS) is 11.3. The fourth-order valence-corrected chi connectivity index (χ4v) is 0.661. The van der Waals surface area contributed by atoms with Crippen molar-refractivity contribution < 1.29 is 0 Å². The molecular formula is C8H19N. The molecule has 0 rings (SSSR count). The second-order valence-corrected chi connectivity index (χ2v) is 3.29. The molecular weight excluding hydrogens is 110 g/mol. The first-order chi connectivity index (χ1) is 4.13. The second-order valence-electron chi connectivity index (χ2n) is 3.29. The van der Waals surface area contributed by atoms with Crippen molar-refractivity contribution in [2.45, 2.75) is 40.2 Å². The van der Waals surface area contributed by atoms with Crippen LogP contribution in [0.1, 0.15) is 34.1 Å². The molecule has 0 saturated heterocycles. The largest absolute Gasteiger partial charge is 0.315 e. The summed E-state index contributed by atoms with van der Waals surface area (Å²) < 4.78 is 0. The standard InChI is InChI=1S/C8H19N/c1-7(2)5-6-9-8(3)4/h7-9H,5-6H2,1-4H3. The lowest BCUT2D eigenvalue weighted by Gasteiger charge is -2.08. The van der Waals surface area contributed by atoms with Crippen molar-refractivity contribution in [2.24, 2.45) is 5.92 Å². The SMILES string of the molecule is CC(C)CCNC(C)C. The third kappa shape index (κ3) is 7.96. The summed E-state index contributed by atoms with van der Waals surface area (Å²) in [6.07, 6.45) is 1.29. The van der Waals surface area contributed by atoms with Crippen molar-refractivity contribution in [3.05, 3.63) is 0 Å². The van der Waals surface area contributed by atoms with Crippen LogP contribution in [-0.2, 0) is 0 Å². The molecule has 0 amide bonds. The molecule has 0 bridgehead atoms. The van der Waals surface area contributed by atoms with Gasteiger partial charge >= 0.3 is 0 Å². The van der Waals surface area contributed by atoms with Crippen molar-refractivity contribution in [3.63, 3.8) is 0 Å². The van der Waals surface area contributed by atoms with E-state index in [1.807, 2.05) is 0 Å². The zero-order valence-electron chi connectivity index (χ0n) is 7.07. The summed E-state index contributed by atoms with van der Waals surface area (Å²) in [5.74, 6) is 0.830. The minimum absolute atomic E-state index is 0.642. The van der Waals surface area contributed by atoms with E-state index in [2.05, 4.69) is 33.0 Å². The maximum Gasteiger partial charge on any atom is 0.00103 e. The van der Waals surface area contributed by atoms with E-state index in [0.717, 1.165) is 12.5 Å². The Morgan fingerprint density at radius 3 is 2.00 bits per heavy atom. The van der Waals surface area contributed by atoms with Crippen LogP contribution in [0, 0.1) is 5.92 Å². The maximum atomic E-state index is 3.38. The Labute approximate surface area is 58.8 Å². The lowest BCUT2D eigenvalue weighted by molar-refractivity contribution is 0.504. The predicted octanol–water partition coefficient (Wildman–Crippen LogP) is 2.03. The van der Waals surface area contributed by atoms with E-state index < -0.39 is 0 Å². The zero-order valence-corrected chi connectivity index (χ0v) is 7.07.